The van der Waals surface area contributed by atoms with Crippen molar-refractivity contribution in [2.45, 2.75) is 24.7 Å². The highest BCUT2D eigenvalue weighted by Gasteiger charge is 2.18. The maximum atomic E-state index is 11.7. The van der Waals surface area contributed by atoms with E-state index in [4.69, 9.17) is 5.26 Å². The molecule has 16 heavy (non-hydrogen) atoms. The predicted octanol–water partition coefficient (Wildman–Crippen LogP) is 1.42. The highest BCUT2D eigenvalue weighted by molar-refractivity contribution is 7.89. The first-order valence-electron chi connectivity index (χ1n) is 5.02. The summed E-state index contributed by atoms with van der Waals surface area (Å²) in [6, 6.07) is 6.87. The van der Waals surface area contributed by atoms with Gasteiger partial charge in [0.1, 0.15) is 6.07 Å². The molecule has 0 spiro atoms. The molecule has 0 aliphatic heterocycles. The Bertz CT molecular complexity index is 515. The summed E-state index contributed by atoms with van der Waals surface area (Å²) in [6.07, 6.45) is 1.58. The van der Waals surface area contributed by atoms with Crippen LogP contribution in [0.25, 0.3) is 0 Å². The smallest absolute Gasteiger partial charge is 0.214 e. The van der Waals surface area contributed by atoms with Gasteiger partial charge in [-0.25, -0.2) is 13.1 Å². The van der Waals surface area contributed by atoms with Gasteiger partial charge in [-0.2, -0.15) is 5.26 Å². The molecule has 1 aromatic carbocycles. The second-order valence-electron chi connectivity index (χ2n) is 3.36. The Balaban J connectivity index is 3.43. The third-order valence-corrected chi connectivity index (χ3v) is 3.76. The van der Waals surface area contributed by atoms with Crippen molar-refractivity contribution in [1.82, 2.24) is 4.72 Å². The zero-order valence-electron chi connectivity index (χ0n) is 9.32. The molecule has 0 atom stereocenters. The number of hydrogen-bond donors (Lipinski definition) is 1. The van der Waals surface area contributed by atoms with Crippen LogP contribution in [0.15, 0.2) is 23.1 Å². The molecule has 0 aliphatic carbocycles. The Morgan fingerprint density at radius 1 is 1.44 bits per heavy atom. The number of benzene rings is 1. The molecule has 0 bridgehead atoms. The number of sulfonamides is 1. The highest BCUT2D eigenvalue weighted by atomic mass is 32.2. The van der Waals surface area contributed by atoms with Crippen molar-refractivity contribution in [3.8, 4) is 6.07 Å². The molecule has 0 radical (unpaired) electrons. The number of nitrogens with zero attached hydrogens (tertiary/aromatic N) is 1. The van der Waals surface area contributed by atoms with Gasteiger partial charge in [-0.15, -0.1) is 0 Å². The first-order valence-corrected chi connectivity index (χ1v) is 6.50. The molecule has 4 nitrogen and oxygen atoms in total. The van der Waals surface area contributed by atoms with Crippen LogP contribution < -0.4 is 4.72 Å². The van der Waals surface area contributed by atoms with E-state index in [0.29, 0.717) is 6.42 Å². The molecule has 1 aromatic rings. The maximum absolute atomic E-state index is 11.7. The van der Waals surface area contributed by atoms with Crippen molar-refractivity contribution in [3.63, 3.8) is 0 Å². The zero-order valence-corrected chi connectivity index (χ0v) is 10.1. The quantitative estimate of drug-likeness (QED) is 0.862. The molecule has 0 aromatic heterocycles. The van der Waals surface area contributed by atoms with E-state index in [1.54, 1.807) is 12.1 Å². The van der Waals surface area contributed by atoms with Gasteiger partial charge in [0.15, 0.2) is 0 Å². The molecule has 1 rings (SSSR count). The monoisotopic (exact) mass is 238 g/mol. The summed E-state index contributed by atoms with van der Waals surface area (Å²) in [7, 11) is -2.22. The van der Waals surface area contributed by atoms with Crippen LogP contribution in [0.5, 0.6) is 0 Å². The molecule has 0 saturated carbocycles. The highest BCUT2D eigenvalue weighted by Crippen LogP contribution is 2.19. The van der Waals surface area contributed by atoms with Crippen LogP contribution in [0.1, 0.15) is 24.5 Å². The van der Waals surface area contributed by atoms with E-state index in [2.05, 4.69) is 4.72 Å². The minimum Gasteiger partial charge on any atom is -0.214 e. The third kappa shape index (κ3) is 2.40. The zero-order chi connectivity index (χ0) is 12.2. The van der Waals surface area contributed by atoms with Crippen LogP contribution in [-0.4, -0.2) is 15.5 Å². The molecule has 1 N–H and O–H groups in total. The summed E-state index contributed by atoms with van der Waals surface area (Å²) in [5.41, 5.74) is 1.03. The number of aryl methyl sites for hydroxylation is 1. The maximum Gasteiger partial charge on any atom is 0.241 e. The van der Waals surface area contributed by atoms with Gasteiger partial charge in [-0.05, 0) is 25.1 Å². The minimum atomic E-state index is -3.55. The fourth-order valence-corrected chi connectivity index (χ4v) is 2.44. The van der Waals surface area contributed by atoms with Crippen LogP contribution in [0, 0.1) is 11.3 Å². The summed E-state index contributed by atoms with van der Waals surface area (Å²) < 4.78 is 25.6. The lowest BCUT2D eigenvalue weighted by molar-refractivity contribution is 0.588. The molecule has 0 fully saturated rings. The van der Waals surface area contributed by atoms with Gasteiger partial charge < -0.3 is 0 Å². The van der Waals surface area contributed by atoms with E-state index < -0.39 is 10.0 Å². The molecule has 0 aliphatic rings. The normalized spacial score (nSPS) is 11.1. The lowest BCUT2D eigenvalue weighted by Crippen LogP contribution is -2.20. The van der Waals surface area contributed by atoms with Crippen LogP contribution in [0.3, 0.4) is 0 Å². The number of nitrogens with one attached hydrogen (secondary N) is 1. The van der Waals surface area contributed by atoms with Gasteiger partial charge in [0, 0.05) is 0 Å². The van der Waals surface area contributed by atoms with Gasteiger partial charge in [-0.1, -0.05) is 25.5 Å². The van der Waals surface area contributed by atoms with E-state index in [0.717, 1.165) is 12.0 Å². The summed E-state index contributed by atoms with van der Waals surface area (Å²) in [5.74, 6) is 0. The number of nitriles is 1. The summed E-state index contributed by atoms with van der Waals surface area (Å²) >= 11 is 0. The Morgan fingerprint density at radius 2 is 2.12 bits per heavy atom. The molecular weight excluding hydrogens is 224 g/mol. The standard InChI is InChI=1S/C11H14N2O2S/c1-3-5-9-6-4-7-11(10(9)8-12)16(14,15)13-2/h4,6-7,13H,3,5H2,1-2H3. The van der Waals surface area contributed by atoms with Gasteiger partial charge >= 0.3 is 0 Å². The second-order valence-corrected chi connectivity index (χ2v) is 5.21. The fourth-order valence-electron chi connectivity index (χ4n) is 1.52. The first-order chi connectivity index (χ1) is 7.56. The van der Waals surface area contributed by atoms with E-state index in [1.807, 2.05) is 13.0 Å². The average Bonchev–Trinajstić information content (AvgIpc) is 2.29. The molecular formula is C11H14N2O2S. The lowest BCUT2D eigenvalue weighted by atomic mass is 10.0. The Hall–Kier alpha value is -1.38. The topological polar surface area (TPSA) is 70.0 Å². The van der Waals surface area contributed by atoms with Crippen molar-refractivity contribution < 1.29 is 8.42 Å². The van der Waals surface area contributed by atoms with Gasteiger partial charge in [0.05, 0.1) is 10.5 Å². The van der Waals surface area contributed by atoms with Crippen LogP contribution in [0.4, 0.5) is 0 Å². The van der Waals surface area contributed by atoms with E-state index in [9.17, 15) is 8.42 Å². The molecule has 5 heteroatoms. The van der Waals surface area contributed by atoms with Gasteiger partial charge in [0.2, 0.25) is 10.0 Å². The van der Waals surface area contributed by atoms with Gasteiger partial charge in [-0.3, -0.25) is 0 Å². The molecule has 0 amide bonds. The lowest BCUT2D eigenvalue weighted by Gasteiger charge is -2.08. The largest absolute Gasteiger partial charge is 0.241 e. The van der Waals surface area contributed by atoms with E-state index in [1.165, 1.54) is 13.1 Å². The summed E-state index contributed by atoms with van der Waals surface area (Å²) in [5, 5.41) is 9.04. The van der Waals surface area contributed by atoms with Crippen molar-refractivity contribution >= 4 is 10.0 Å². The van der Waals surface area contributed by atoms with Crippen LogP contribution in [0.2, 0.25) is 0 Å². The van der Waals surface area contributed by atoms with Crippen molar-refractivity contribution in [1.29, 1.82) is 5.26 Å². The second kappa shape index (κ2) is 5.10. The Labute approximate surface area is 96.0 Å². The van der Waals surface area contributed by atoms with Crippen molar-refractivity contribution in [2.24, 2.45) is 0 Å². The number of rotatable bonds is 4. The molecule has 0 heterocycles. The van der Waals surface area contributed by atoms with E-state index in [-0.39, 0.29) is 10.5 Å². The molecule has 0 unspecified atom stereocenters. The SMILES string of the molecule is CCCc1cccc(S(=O)(=O)NC)c1C#N. The first kappa shape index (κ1) is 12.7. The predicted molar refractivity (Wildman–Crippen MR) is 61.4 cm³/mol. The molecule has 0 saturated heterocycles. The van der Waals surface area contributed by atoms with Crippen LogP contribution >= 0.6 is 0 Å². The minimum absolute atomic E-state index is 0.0588. The van der Waals surface area contributed by atoms with Gasteiger partial charge in [0.25, 0.3) is 0 Å². The van der Waals surface area contributed by atoms with Crippen molar-refractivity contribution in [3.05, 3.63) is 29.3 Å². The van der Waals surface area contributed by atoms with Crippen LogP contribution in [-0.2, 0) is 16.4 Å². The summed E-state index contributed by atoms with van der Waals surface area (Å²) in [6.45, 7) is 1.99. The summed E-state index contributed by atoms with van der Waals surface area (Å²) in [4.78, 5) is 0.0588. The average molecular weight is 238 g/mol. The number of hydrogen-bond acceptors (Lipinski definition) is 3. The molecule has 86 valence electrons. The Morgan fingerprint density at radius 3 is 2.62 bits per heavy atom. The van der Waals surface area contributed by atoms with E-state index >= 15 is 0 Å². The third-order valence-electron chi connectivity index (χ3n) is 2.30. The fraction of sp³-hybridized carbons (Fsp3) is 0.364. The Kier molecular flexibility index (Phi) is 4.05. The van der Waals surface area contributed by atoms with Crippen molar-refractivity contribution in [2.75, 3.05) is 7.05 Å².